The number of hydrogen-bond donors (Lipinski definition) is 0. The van der Waals surface area contributed by atoms with Crippen LogP contribution in [-0.2, 0) is 12.8 Å². The molecule has 23 heavy (non-hydrogen) atoms. The van der Waals surface area contributed by atoms with Crippen molar-refractivity contribution in [1.29, 1.82) is 0 Å². The van der Waals surface area contributed by atoms with Crippen LogP contribution in [0.2, 0.25) is 0 Å². The van der Waals surface area contributed by atoms with E-state index in [2.05, 4.69) is 32.0 Å². The van der Waals surface area contributed by atoms with E-state index in [9.17, 15) is 0 Å². The van der Waals surface area contributed by atoms with Crippen molar-refractivity contribution in [3.63, 3.8) is 0 Å². The Labute approximate surface area is 143 Å². The van der Waals surface area contributed by atoms with Gasteiger partial charge in [-0.15, -0.1) is 0 Å². The summed E-state index contributed by atoms with van der Waals surface area (Å²) in [6.45, 7) is 4.64. The van der Waals surface area contributed by atoms with Gasteiger partial charge in [-0.3, -0.25) is 0 Å². The summed E-state index contributed by atoms with van der Waals surface area (Å²) >= 11 is 0. The molecule has 0 aliphatic heterocycles. The Balaban J connectivity index is 1.40. The van der Waals surface area contributed by atoms with Gasteiger partial charge in [0.25, 0.3) is 0 Å². The molecule has 3 aliphatic carbocycles. The molecule has 1 aromatic carbocycles. The molecular formula is C23H34. The topological polar surface area (TPSA) is 0 Å². The van der Waals surface area contributed by atoms with Crippen LogP contribution in [0.25, 0.3) is 0 Å². The predicted octanol–water partition coefficient (Wildman–Crippen LogP) is 6.34. The standard InChI is InChI=1S/C23H34/c1-3-17-5-7-21-15-23(11-9-19(21)13-17)22-10-8-18-12-16(2)4-6-20(18)14-22/h4,6,12,17,19,21-23H,3,5,7-11,13-15H2,1-2H3. The number of aryl methyl sites for hydroxylation is 2. The first-order chi connectivity index (χ1) is 11.2. The van der Waals surface area contributed by atoms with Crippen LogP contribution in [0, 0.1) is 36.5 Å². The average Bonchev–Trinajstić information content (AvgIpc) is 2.60. The largest absolute Gasteiger partial charge is 0.0651 e. The van der Waals surface area contributed by atoms with Gasteiger partial charge in [-0.25, -0.2) is 0 Å². The van der Waals surface area contributed by atoms with Crippen molar-refractivity contribution in [2.75, 3.05) is 0 Å². The normalized spacial score (nSPS) is 37.0. The summed E-state index contributed by atoms with van der Waals surface area (Å²) in [5.41, 5.74) is 4.76. The molecule has 2 saturated carbocycles. The van der Waals surface area contributed by atoms with Crippen molar-refractivity contribution in [2.24, 2.45) is 29.6 Å². The molecule has 5 unspecified atom stereocenters. The molecule has 126 valence electrons. The van der Waals surface area contributed by atoms with Gasteiger partial charge in [0.15, 0.2) is 0 Å². The molecule has 0 spiro atoms. The number of hydrogen-bond acceptors (Lipinski definition) is 0. The molecule has 0 bridgehead atoms. The molecule has 1 aromatic rings. The van der Waals surface area contributed by atoms with Gasteiger partial charge in [-0.05, 0) is 99.0 Å². The highest BCUT2D eigenvalue weighted by Gasteiger charge is 2.38. The molecule has 4 rings (SSSR count). The molecule has 0 aromatic heterocycles. The zero-order chi connectivity index (χ0) is 15.8. The molecule has 0 saturated heterocycles. The second kappa shape index (κ2) is 6.61. The fraction of sp³-hybridized carbons (Fsp3) is 0.739. The second-order valence-electron chi connectivity index (χ2n) is 8.96. The first-order valence-electron chi connectivity index (χ1n) is 10.3. The molecule has 0 heteroatoms. The quantitative estimate of drug-likeness (QED) is 0.597. The molecule has 3 aliphatic rings. The summed E-state index contributed by atoms with van der Waals surface area (Å²) in [5, 5.41) is 0. The lowest BCUT2D eigenvalue weighted by atomic mass is 9.61. The van der Waals surface area contributed by atoms with E-state index in [-0.39, 0.29) is 0 Å². The lowest BCUT2D eigenvalue weighted by Crippen LogP contribution is -2.35. The van der Waals surface area contributed by atoms with Crippen molar-refractivity contribution in [1.82, 2.24) is 0 Å². The number of rotatable bonds is 2. The van der Waals surface area contributed by atoms with E-state index in [1.165, 1.54) is 44.1 Å². The van der Waals surface area contributed by atoms with Crippen molar-refractivity contribution >= 4 is 0 Å². The Hall–Kier alpha value is -0.780. The molecule has 0 radical (unpaired) electrons. The minimum atomic E-state index is 0.982. The van der Waals surface area contributed by atoms with Gasteiger partial charge in [-0.1, -0.05) is 43.5 Å². The molecule has 0 nitrogen and oxygen atoms in total. The predicted molar refractivity (Wildman–Crippen MR) is 98.6 cm³/mol. The fourth-order valence-electron chi connectivity index (χ4n) is 6.14. The second-order valence-corrected chi connectivity index (χ2v) is 8.96. The molecule has 2 fully saturated rings. The van der Waals surface area contributed by atoms with E-state index in [4.69, 9.17) is 0 Å². The van der Waals surface area contributed by atoms with E-state index >= 15 is 0 Å². The van der Waals surface area contributed by atoms with Gasteiger partial charge in [-0.2, -0.15) is 0 Å². The van der Waals surface area contributed by atoms with Crippen LogP contribution in [-0.4, -0.2) is 0 Å². The Kier molecular flexibility index (Phi) is 4.52. The van der Waals surface area contributed by atoms with Gasteiger partial charge < -0.3 is 0 Å². The summed E-state index contributed by atoms with van der Waals surface area (Å²) in [5.74, 6) is 5.23. The summed E-state index contributed by atoms with van der Waals surface area (Å²) < 4.78 is 0. The minimum Gasteiger partial charge on any atom is -0.0651 e. The molecular weight excluding hydrogens is 276 g/mol. The maximum absolute atomic E-state index is 2.44. The summed E-state index contributed by atoms with van der Waals surface area (Å²) in [6.07, 6.45) is 14.8. The van der Waals surface area contributed by atoms with Crippen molar-refractivity contribution in [3.05, 3.63) is 34.9 Å². The smallest absolute Gasteiger partial charge is 0.0245 e. The maximum Gasteiger partial charge on any atom is -0.0245 e. The lowest BCUT2D eigenvalue weighted by molar-refractivity contribution is 0.0708. The third-order valence-corrected chi connectivity index (χ3v) is 7.63. The van der Waals surface area contributed by atoms with E-state index in [1.54, 1.807) is 36.8 Å². The SMILES string of the molecule is CCC1CCC2CC(C3CCc4cc(C)ccc4C3)CCC2C1. The minimum absolute atomic E-state index is 0.982. The van der Waals surface area contributed by atoms with E-state index in [1.807, 2.05) is 0 Å². The van der Waals surface area contributed by atoms with Crippen LogP contribution in [0.4, 0.5) is 0 Å². The summed E-state index contributed by atoms with van der Waals surface area (Å²) in [7, 11) is 0. The van der Waals surface area contributed by atoms with Gasteiger partial charge in [0.1, 0.15) is 0 Å². The van der Waals surface area contributed by atoms with Crippen LogP contribution >= 0.6 is 0 Å². The number of fused-ring (bicyclic) bond motifs is 2. The summed E-state index contributed by atoms with van der Waals surface area (Å²) in [6, 6.07) is 7.19. The average molecular weight is 311 g/mol. The first kappa shape index (κ1) is 15.7. The van der Waals surface area contributed by atoms with Crippen molar-refractivity contribution < 1.29 is 0 Å². The third-order valence-electron chi connectivity index (χ3n) is 7.63. The maximum atomic E-state index is 2.44. The fourth-order valence-corrected chi connectivity index (χ4v) is 6.14. The molecule has 5 atom stereocenters. The van der Waals surface area contributed by atoms with Crippen LogP contribution in [0.3, 0.4) is 0 Å². The Morgan fingerprint density at radius 2 is 1.57 bits per heavy atom. The van der Waals surface area contributed by atoms with Crippen molar-refractivity contribution in [2.45, 2.75) is 78.1 Å². The monoisotopic (exact) mass is 310 g/mol. The highest BCUT2D eigenvalue weighted by molar-refractivity contribution is 5.33. The zero-order valence-electron chi connectivity index (χ0n) is 15.2. The zero-order valence-corrected chi connectivity index (χ0v) is 15.2. The van der Waals surface area contributed by atoms with Crippen LogP contribution in [0.1, 0.15) is 75.0 Å². The highest BCUT2D eigenvalue weighted by Crippen LogP contribution is 2.48. The lowest BCUT2D eigenvalue weighted by Gasteiger charge is -2.45. The first-order valence-corrected chi connectivity index (χ1v) is 10.3. The van der Waals surface area contributed by atoms with Gasteiger partial charge in [0.05, 0.1) is 0 Å². The third kappa shape index (κ3) is 3.24. The Bertz CT molecular complexity index is 543. The summed E-state index contributed by atoms with van der Waals surface area (Å²) in [4.78, 5) is 0. The molecule has 0 N–H and O–H groups in total. The molecule has 0 heterocycles. The van der Waals surface area contributed by atoms with Crippen LogP contribution in [0.15, 0.2) is 18.2 Å². The number of benzene rings is 1. The highest BCUT2D eigenvalue weighted by atomic mass is 14.4. The van der Waals surface area contributed by atoms with Crippen LogP contribution in [0.5, 0.6) is 0 Å². The van der Waals surface area contributed by atoms with E-state index < -0.39 is 0 Å². The van der Waals surface area contributed by atoms with Gasteiger partial charge in [0.2, 0.25) is 0 Å². The van der Waals surface area contributed by atoms with E-state index in [0.717, 1.165) is 29.6 Å². The van der Waals surface area contributed by atoms with Gasteiger partial charge >= 0.3 is 0 Å². The molecule has 0 amide bonds. The Morgan fingerprint density at radius 3 is 2.39 bits per heavy atom. The Morgan fingerprint density at radius 1 is 0.826 bits per heavy atom. The van der Waals surface area contributed by atoms with E-state index in [0.29, 0.717) is 0 Å². The van der Waals surface area contributed by atoms with Gasteiger partial charge in [0, 0.05) is 0 Å². The van der Waals surface area contributed by atoms with Crippen molar-refractivity contribution in [3.8, 4) is 0 Å². The van der Waals surface area contributed by atoms with Crippen LogP contribution < -0.4 is 0 Å².